The molecule has 4 aromatic heterocycles. The Labute approximate surface area is 166 Å². The Morgan fingerprint density at radius 3 is 3.04 bits per heavy atom. The lowest BCUT2D eigenvalue weighted by Crippen LogP contribution is -2.40. The van der Waals surface area contributed by atoms with E-state index in [0.717, 1.165) is 36.4 Å². The summed E-state index contributed by atoms with van der Waals surface area (Å²) in [6, 6.07) is 11.9. The molecule has 1 fully saturated rings. The quantitative estimate of drug-likeness (QED) is 0.527. The third-order valence-electron chi connectivity index (χ3n) is 5.20. The van der Waals surface area contributed by atoms with E-state index in [0.29, 0.717) is 18.7 Å². The predicted molar refractivity (Wildman–Crippen MR) is 107 cm³/mol. The number of thiophene rings is 1. The van der Waals surface area contributed by atoms with Crippen molar-refractivity contribution in [1.82, 2.24) is 19.5 Å². The van der Waals surface area contributed by atoms with Crippen LogP contribution in [-0.4, -0.2) is 38.5 Å². The molecule has 0 radical (unpaired) electrons. The van der Waals surface area contributed by atoms with E-state index in [1.54, 1.807) is 17.6 Å². The van der Waals surface area contributed by atoms with Crippen LogP contribution in [0.5, 0.6) is 0 Å². The number of amides is 1. The Bertz CT molecular complexity index is 1090. The largest absolute Gasteiger partial charge is 0.469 e. The van der Waals surface area contributed by atoms with E-state index in [4.69, 9.17) is 14.5 Å². The zero-order valence-corrected chi connectivity index (χ0v) is 16.1. The van der Waals surface area contributed by atoms with Crippen molar-refractivity contribution < 1.29 is 9.21 Å². The van der Waals surface area contributed by atoms with Crippen molar-refractivity contribution in [3.8, 4) is 10.4 Å². The van der Waals surface area contributed by atoms with Gasteiger partial charge < -0.3 is 9.32 Å². The van der Waals surface area contributed by atoms with E-state index in [1.165, 1.54) is 4.88 Å². The smallest absolute Gasteiger partial charge is 0.230 e. The van der Waals surface area contributed by atoms with E-state index in [1.807, 2.05) is 39.9 Å². The van der Waals surface area contributed by atoms with Crippen LogP contribution in [-0.2, 0) is 11.2 Å². The molecule has 142 valence electrons. The molecule has 0 saturated carbocycles. The van der Waals surface area contributed by atoms with Crippen molar-refractivity contribution in [3.05, 3.63) is 65.8 Å². The van der Waals surface area contributed by atoms with Crippen LogP contribution in [0.3, 0.4) is 0 Å². The number of carbonyl (C=O) groups is 1. The number of pyridine rings is 1. The van der Waals surface area contributed by atoms with Gasteiger partial charge in [-0.3, -0.25) is 4.79 Å². The van der Waals surface area contributed by atoms with E-state index >= 15 is 0 Å². The van der Waals surface area contributed by atoms with Crippen molar-refractivity contribution in [3.63, 3.8) is 0 Å². The van der Waals surface area contributed by atoms with E-state index < -0.39 is 0 Å². The first-order valence-corrected chi connectivity index (χ1v) is 10.3. The van der Waals surface area contributed by atoms with E-state index in [9.17, 15) is 4.79 Å². The predicted octanol–water partition coefficient (Wildman–Crippen LogP) is 4.00. The maximum Gasteiger partial charge on any atom is 0.230 e. The van der Waals surface area contributed by atoms with E-state index in [-0.39, 0.29) is 11.8 Å². The SMILES string of the molecule is O=C(Cc1ccco1)N1CCC[C@H](c2nc3ccc(-c4cccs4)cn3n2)C1. The normalized spacial score (nSPS) is 17.3. The molecule has 0 N–H and O–H groups in total. The summed E-state index contributed by atoms with van der Waals surface area (Å²) < 4.78 is 7.17. The first-order valence-electron chi connectivity index (χ1n) is 9.46. The van der Waals surface area contributed by atoms with Gasteiger partial charge >= 0.3 is 0 Å². The summed E-state index contributed by atoms with van der Waals surface area (Å²) in [5.74, 6) is 1.79. The lowest BCUT2D eigenvalue weighted by molar-refractivity contribution is -0.132. The highest BCUT2D eigenvalue weighted by atomic mass is 32.1. The van der Waals surface area contributed by atoms with E-state index in [2.05, 4.69) is 17.5 Å². The summed E-state index contributed by atoms with van der Waals surface area (Å²) in [6.45, 7) is 1.44. The van der Waals surface area contributed by atoms with Crippen molar-refractivity contribution in [1.29, 1.82) is 0 Å². The van der Waals surface area contributed by atoms with Gasteiger partial charge in [-0.25, -0.2) is 9.50 Å². The number of hydrogen-bond donors (Lipinski definition) is 0. The molecule has 1 aliphatic heterocycles. The van der Waals surface area contributed by atoms with Crippen molar-refractivity contribution in [2.75, 3.05) is 13.1 Å². The number of hydrogen-bond acceptors (Lipinski definition) is 5. The minimum absolute atomic E-state index is 0.100. The number of nitrogens with zero attached hydrogens (tertiary/aromatic N) is 4. The third kappa shape index (κ3) is 3.33. The molecule has 0 aliphatic carbocycles. The van der Waals surface area contributed by atoms with Gasteiger partial charge in [0.2, 0.25) is 5.91 Å². The lowest BCUT2D eigenvalue weighted by atomic mass is 9.97. The van der Waals surface area contributed by atoms with Crippen LogP contribution in [0.15, 0.2) is 58.7 Å². The number of fused-ring (bicyclic) bond motifs is 1. The molecule has 0 spiro atoms. The van der Waals surface area contributed by atoms with Crippen LogP contribution in [0.1, 0.15) is 30.3 Å². The van der Waals surface area contributed by atoms with Gasteiger partial charge in [-0.2, -0.15) is 5.10 Å². The monoisotopic (exact) mass is 392 g/mol. The average molecular weight is 392 g/mol. The van der Waals surface area contributed by atoms with Crippen LogP contribution in [0.2, 0.25) is 0 Å². The molecule has 1 atom stereocenters. The molecule has 6 nitrogen and oxygen atoms in total. The summed E-state index contributed by atoms with van der Waals surface area (Å²) in [5.41, 5.74) is 1.98. The highest BCUT2D eigenvalue weighted by Crippen LogP contribution is 2.28. The first kappa shape index (κ1) is 17.2. The molecule has 1 aliphatic rings. The fourth-order valence-electron chi connectivity index (χ4n) is 3.75. The Morgan fingerprint density at radius 1 is 1.25 bits per heavy atom. The molecular weight excluding hydrogens is 372 g/mol. The fourth-order valence-corrected chi connectivity index (χ4v) is 4.47. The maximum atomic E-state index is 12.6. The summed E-state index contributed by atoms with van der Waals surface area (Å²) in [5, 5.41) is 6.80. The maximum absolute atomic E-state index is 12.6. The van der Waals surface area contributed by atoms with Crippen LogP contribution in [0.4, 0.5) is 0 Å². The second kappa shape index (κ2) is 7.24. The molecule has 5 rings (SSSR count). The summed E-state index contributed by atoms with van der Waals surface area (Å²) in [6.07, 6.45) is 5.90. The first-order chi connectivity index (χ1) is 13.8. The van der Waals surface area contributed by atoms with Crippen molar-refractivity contribution in [2.24, 2.45) is 0 Å². The summed E-state index contributed by atoms with van der Waals surface area (Å²) in [4.78, 5) is 20.5. The van der Waals surface area contributed by atoms with Crippen LogP contribution in [0.25, 0.3) is 16.1 Å². The second-order valence-electron chi connectivity index (χ2n) is 7.10. The molecule has 4 aromatic rings. The van der Waals surface area contributed by atoms with Crippen molar-refractivity contribution in [2.45, 2.75) is 25.2 Å². The minimum atomic E-state index is 0.100. The molecule has 0 aromatic carbocycles. The molecule has 1 amide bonds. The Hall–Kier alpha value is -2.93. The molecule has 0 unspecified atom stereocenters. The van der Waals surface area contributed by atoms with Gasteiger partial charge in [-0.15, -0.1) is 11.3 Å². The highest BCUT2D eigenvalue weighted by Gasteiger charge is 2.27. The van der Waals surface area contributed by atoms with Crippen LogP contribution < -0.4 is 0 Å². The van der Waals surface area contributed by atoms with Gasteiger partial charge in [0.15, 0.2) is 11.5 Å². The third-order valence-corrected chi connectivity index (χ3v) is 6.12. The number of furan rings is 1. The fraction of sp³-hybridized carbons (Fsp3) is 0.286. The lowest BCUT2D eigenvalue weighted by Gasteiger charge is -2.31. The van der Waals surface area contributed by atoms with Gasteiger partial charge in [0.05, 0.1) is 12.7 Å². The van der Waals surface area contributed by atoms with Gasteiger partial charge in [0.25, 0.3) is 0 Å². The molecule has 0 bridgehead atoms. The number of piperidine rings is 1. The zero-order chi connectivity index (χ0) is 18.9. The van der Waals surface area contributed by atoms with Crippen LogP contribution >= 0.6 is 11.3 Å². The summed E-state index contributed by atoms with van der Waals surface area (Å²) in [7, 11) is 0. The highest BCUT2D eigenvalue weighted by molar-refractivity contribution is 7.13. The second-order valence-corrected chi connectivity index (χ2v) is 8.05. The van der Waals surface area contributed by atoms with Gasteiger partial charge in [-0.05, 0) is 48.6 Å². The Kier molecular flexibility index (Phi) is 4.44. The Balaban J connectivity index is 1.35. The summed E-state index contributed by atoms with van der Waals surface area (Å²) >= 11 is 1.71. The number of likely N-dealkylation sites (tertiary alicyclic amines) is 1. The molecule has 28 heavy (non-hydrogen) atoms. The van der Waals surface area contributed by atoms with Gasteiger partial charge in [0.1, 0.15) is 5.76 Å². The number of rotatable bonds is 4. The molecule has 7 heteroatoms. The molecular formula is C21H20N4O2S. The van der Waals surface area contributed by atoms with Crippen molar-refractivity contribution >= 4 is 22.9 Å². The average Bonchev–Trinajstić information content (AvgIpc) is 3.48. The number of carbonyl (C=O) groups excluding carboxylic acids is 1. The van der Waals surface area contributed by atoms with Crippen LogP contribution in [0, 0.1) is 0 Å². The molecule has 1 saturated heterocycles. The number of aromatic nitrogens is 3. The standard InChI is InChI=1S/C21H20N4O2S/c26-20(12-17-5-2-10-27-17)24-9-1-4-16(13-24)21-22-19-8-7-15(14-25(19)23-21)18-6-3-11-28-18/h2-3,5-8,10-11,14,16H,1,4,9,12-13H2/t16-/m0/s1. The molecule has 5 heterocycles. The van der Waals surface area contributed by atoms with Gasteiger partial charge in [-0.1, -0.05) is 6.07 Å². The topological polar surface area (TPSA) is 63.6 Å². The van der Waals surface area contributed by atoms with Gasteiger partial charge in [0, 0.05) is 35.6 Å². The minimum Gasteiger partial charge on any atom is -0.469 e. The zero-order valence-electron chi connectivity index (χ0n) is 15.3. The Morgan fingerprint density at radius 2 is 2.21 bits per heavy atom.